The molecule has 0 spiro atoms. The summed E-state index contributed by atoms with van der Waals surface area (Å²) < 4.78 is 0. The molecule has 0 bridgehead atoms. The van der Waals surface area contributed by atoms with E-state index >= 15 is 0 Å². The third-order valence-electron chi connectivity index (χ3n) is 1.51. The van der Waals surface area contributed by atoms with E-state index in [9.17, 15) is 9.59 Å². The lowest BCUT2D eigenvalue weighted by atomic mass is 10.1. The van der Waals surface area contributed by atoms with Crippen LogP contribution in [0.2, 0.25) is 0 Å². The lowest BCUT2D eigenvalue weighted by Gasteiger charge is -2.03. The predicted octanol–water partition coefficient (Wildman–Crippen LogP) is 1.47. The largest absolute Gasteiger partial charge is 0.478 e. The predicted molar refractivity (Wildman–Crippen MR) is 55.9 cm³/mol. The maximum Gasteiger partial charge on any atom is 0.355 e. The number of nitrogens with zero attached hydrogens (tertiary/aromatic N) is 1. The van der Waals surface area contributed by atoms with Crippen LogP contribution < -0.4 is 0 Å². The highest BCUT2D eigenvalue weighted by molar-refractivity contribution is 6.48. The van der Waals surface area contributed by atoms with Crippen molar-refractivity contribution in [2.75, 3.05) is 0 Å². The number of allylic oxidation sites excluding steroid dienone is 2. The number of carboxylic acids is 2. The van der Waals surface area contributed by atoms with Gasteiger partial charge in [-0.1, -0.05) is 11.6 Å². The number of aliphatic carboxylic acids is 2. The molecule has 2 N–H and O–H groups in total. The van der Waals surface area contributed by atoms with Gasteiger partial charge in [0.05, 0.1) is 5.57 Å². The van der Waals surface area contributed by atoms with E-state index in [1.165, 1.54) is 26.1 Å². The summed E-state index contributed by atoms with van der Waals surface area (Å²) >= 11 is 0. The van der Waals surface area contributed by atoms with Gasteiger partial charge in [0, 0.05) is 6.20 Å². The Labute approximate surface area is 87.5 Å². The molecule has 0 radical (unpaired) electrons. The van der Waals surface area contributed by atoms with E-state index < -0.39 is 17.7 Å². The highest BCUT2D eigenvalue weighted by Crippen LogP contribution is 2.07. The Morgan fingerprint density at radius 3 is 1.93 bits per heavy atom. The molecule has 5 nitrogen and oxygen atoms in total. The zero-order valence-electron chi connectivity index (χ0n) is 8.81. The molecule has 15 heavy (non-hydrogen) atoms. The van der Waals surface area contributed by atoms with Gasteiger partial charge in [-0.2, -0.15) is 0 Å². The van der Waals surface area contributed by atoms with E-state index in [1.807, 2.05) is 0 Å². The van der Waals surface area contributed by atoms with Crippen LogP contribution in [0.4, 0.5) is 0 Å². The van der Waals surface area contributed by atoms with Crippen LogP contribution in [0.3, 0.4) is 0 Å². The molecule has 0 unspecified atom stereocenters. The van der Waals surface area contributed by atoms with Gasteiger partial charge in [-0.25, -0.2) is 14.6 Å². The Balaban J connectivity index is 5.53. The molecule has 0 aliphatic heterocycles. The Morgan fingerprint density at radius 1 is 1.13 bits per heavy atom. The second-order valence-corrected chi connectivity index (χ2v) is 2.95. The number of carbonyl (C=O) groups is 2. The van der Waals surface area contributed by atoms with Crippen molar-refractivity contribution in [2.24, 2.45) is 4.99 Å². The van der Waals surface area contributed by atoms with Crippen LogP contribution in [0.5, 0.6) is 0 Å². The Hall–Kier alpha value is -1.91. The molecule has 0 atom stereocenters. The topological polar surface area (TPSA) is 87.0 Å². The molecule has 0 aromatic heterocycles. The van der Waals surface area contributed by atoms with E-state index in [2.05, 4.69) is 4.99 Å². The van der Waals surface area contributed by atoms with E-state index in [4.69, 9.17) is 10.2 Å². The third kappa shape index (κ3) is 3.76. The molecule has 0 saturated heterocycles. The van der Waals surface area contributed by atoms with Crippen LogP contribution in [-0.4, -0.2) is 27.9 Å². The molecule has 82 valence electrons. The fourth-order valence-electron chi connectivity index (χ4n) is 0.928. The smallest absolute Gasteiger partial charge is 0.355 e. The van der Waals surface area contributed by atoms with E-state index in [0.29, 0.717) is 5.57 Å². The van der Waals surface area contributed by atoms with Crippen LogP contribution in [0.1, 0.15) is 20.8 Å². The van der Waals surface area contributed by atoms with Crippen molar-refractivity contribution in [1.82, 2.24) is 0 Å². The molecule has 0 aliphatic carbocycles. The summed E-state index contributed by atoms with van der Waals surface area (Å²) in [5.41, 5.74) is -0.339. The summed E-state index contributed by atoms with van der Waals surface area (Å²) in [4.78, 5) is 25.2. The molecule has 0 aromatic carbocycles. The van der Waals surface area contributed by atoms with E-state index in [-0.39, 0.29) is 5.57 Å². The molecule has 0 saturated carbocycles. The van der Waals surface area contributed by atoms with E-state index in [1.54, 1.807) is 6.92 Å². The summed E-state index contributed by atoms with van der Waals surface area (Å²) in [5.74, 6) is -2.65. The van der Waals surface area contributed by atoms with Gasteiger partial charge >= 0.3 is 11.9 Å². The summed E-state index contributed by atoms with van der Waals surface area (Å²) in [6.45, 7) is 4.71. The number of rotatable bonds is 4. The SMILES string of the molecule is C/C=C\N=C(C(=O)O)C(C(=O)O)=C(C)C. The first kappa shape index (κ1) is 13.1. The quantitative estimate of drug-likeness (QED) is 0.544. The lowest BCUT2D eigenvalue weighted by Crippen LogP contribution is -2.22. The summed E-state index contributed by atoms with van der Waals surface area (Å²) in [5, 5.41) is 17.6. The van der Waals surface area contributed by atoms with Gasteiger partial charge in [-0.15, -0.1) is 0 Å². The van der Waals surface area contributed by atoms with E-state index in [0.717, 1.165) is 0 Å². The Kier molecular flexibility index (Phi) is 5.01. The molecule has 0 aliphatic rings. The van der Waals surface area contributed by atoms with Gasteiger partial charge in [0.25, 0.3) is 0 Å². The minimum absolute atomic E-state index is 0.277. The maximum atomic E-state index is 10.8. The summed E-state index contributed by atoms with van der Waals surface area (Å²) in [6, 6.07) is 0. The van der Waals surface area contributed by atoms with Crippen molar-refractivity contribution in [3.05, 3.63) is 23.4 Å². The second-order valence-electron chi connectivity index (χ2n) is 2.95. The van der Waals surface area contributed by atoms with Gasteiger partial charge < -0.3 is 10.2 Å². The van der Waals surface area contributed by atoms with Crippen molar-refractivity contribution in [1.29, 1.82) is 0 Å². The fraction of sp³-hybridized carbons (Fsp3) is 0.300. The molecule has 0 amide bonds. The van der Waals surface area contributed by atoms with Crippen LogP contribution >= 0.6 is 0 Å². The first-order valence-electron chi connectivity index (χ1n) is 4.25. The normalized spacial score (nSPS) is 11.5. The number of aliphatic imine (C=N–C) groups is 1. The molecule has 0 aromatic rings. The van der Waals surface area contributed by atoms with Crippen molar-refractivity contribution in [3.8, 4) is 0 Å². The lowest BCUT2D eigenvalue weighted by molar-refractivity contribution is -0.133. The van der Waals surface area contributed by atoms with Gasteiger partial charge in [-0.05, 0) is 20.8 Å². The zero-order valence-corrected chi connectivity index (χ0v) is 8.81. The number of carboxylic acid groups (broad SMARTS) is 2. The van der Waals surface area contributed by atoms with Crippen LogP contribution in [0.25, 0.3) is 0 Å². The third-order valence-corrected chi connectivity index (χ3v) is 1.51. The average Bonchev–Trinajstić information content (AvgIpc) is 2.09. The van der Waals surface area contributed by atoms with Gasteiger partial charge in [0.15, 0.2) is 5.71 Å². The summed E-state index contributed by atoms with van der Waals surface area (Å²) in [7, 11) is 0. The van der Waals surface area contributed by atoms with Gasteiger partial charge in [0.1, 0.15) is 0 Å². The van der Waals surface area contributed by atoms with Crippen molar-refractivity contribution < 1.29 is 19.8 Å². The minimum Gasteiger partial charge on any atom is -0.478 e. The van der Waals surface area contributed by atoms with Gasteiger partial charge in [-0.3, -0.25) is 0 Å². The first-order chi connectivity index (χ1) is 6.91. The second kappa shape index (κ2) is 5.74. The number of hydrogen-bond acceptors (Lipinski definition) is 3. The minimum atomic E-state index is -1.35. The molecular weight excluding hydrogens is 198 g/mol. The van der Waals surface area contributed by atoms with Crippen LogP contribution in [0, 0.1) is 0 Å². The molecular formula is C10H13NO4. The molecule has 0 fully saturated rings. The maximum absolute atomic E-state index is 10.8. The molecule has 5 heteroatoms. The van der Waals surface area contributed by atoms with Crippen molar-refractivity contribution >= 4 is 17.7 Å². The summed E-state index contributed by atoms with van der Waals surface area (Å²) in [6.07, 6.45) is 2.77. The number of hydrogen-bond donors (Lipinski definition) is 2. The van der Waals surface area contributed by atoms with Gasteiger partial charge in [0.2, 0.25) is 0 Å². The average molecular weight is 211 g/mol. The van der Waals surface area contributed by atoms with Crippen molar-refractivity contribution in [3.63, 3.8) is 0 Å². The first-order valence-corrected chi connectivity index (χ1v) is 4.25. The van der Waals surface area contributed by atoms with Crippen molar-refractivity contribution in [2.45, 2.75) is 20.8 Å². The highest BCUT2D eigenvalue weighted by atomic mass is 16.4. The van der Waals surface area contributed by atoms with Crippen LogP contribution in [-0.2, 0) is 9.59 Å². The molecule has 0 heterocycles. The molecule has 0 rings (SSSR count). The monoisotopic (exact) mass is 211 g/mol. The zero-order chi connectivity index (χ0) is 12.0. The fourth-order valence-corrected chi connectivity index (χ4v) is 0.928. The van der Waals surface area contributed by atoms with Crippen LogP contribution in [0.15, 0.2) is 28.4 Å². The Bertz CT molecular complexity index is 360. The Morgan fingerprint density at radius 2 is 1.67 bits per heavy atom. The standard InChI is InChI=1S/C10H13NO4/c1-4-5-11-8(10(14)15)7(6(2)3)9(12)13/h4-5H,1-3H3,(H,12,13)(H,14,15)/b5-4-,11-8?. The highest BCUT2D eigenvalue weighted by Gasteiger charge is 2.22.